The first-order chi connectivity index (χ1) is 17.5. The summed E-state index contributed by atoms with van der Waals surface area (Å²) in [6.07, 6.45) is 1.08. The number of nitrogens with zero attached hydrogens (tertiary/aromatic N) is 3. The molecule has 3 aromatic rings. The quantitative estimate of drug-likeness (QED) is 0.454. The number of anilines is 1. The van der Waals surface area contributed by atoms with Gasteiger partial charge in [0.1, 0.15) is 5.69 Å². The largest absolute Gasteiger partial charge is 0.465 e. The second-order valence-corrected chi connectivity index (χ2v) is 11.0. The van der Waals surface area contributed by atoms with Gasteiger partial charge in [0, 0.05) is 23.7 Å². The van der Waals surface area contributed by atoms with Gasteiger partial charge in [0.2, 0.25) is 5.88 Å². The Hall–Kier alpha value is -3.87. The summed E-state index contributed by atoms with van der Waals surface area (Å²) < 4.78 is 5.89. The van der Waals surface area contributed by atoms with Crippen molar-refractivity contribution in [1.29, 1.82) is 0 Å². The molecule has 2 heterocycles. The molecule has 7 heteroatoms. The maximum Gasteiger partial charge on any atom is 0.408 e. The van der Waals surface area contributed by atoms with Crippen LogP contribution >= 0.6 is 0 Å². The summed E-state index contributed by atoms with van der Waals surface area (Å²) in [7, 11) is 1.74. The molecule has 2 aromatic carbocycles. The van der Waals surface area contributed by atoms with Crippen LogP contribution in [-0.4, -0.2) is 45.7 Å². The Bertz CT molecular complexity index is 1340. The van der Waals surface area contributed by atoms with Crippen LogP contribution in [0.25, 0.3) is 22.4 Å². The van der Waals surface area contributed by atoms with Crippen LogP contribution in [0.15, 0.2) is 60.7 Å². The molecule has 1 fully saturated rings. The molecule has 7 nitrogen and oxygen atoms in total. The summed E-state index contributed by atoms with van der Waals surface area (Å²) in [6, 6.07) is 20.0. The molecule has 0 spiro atoms. The van der Waals surface area contributed by atoms with Crippen molar-refractivity contribution >= 4 is 17.7 Å². The lowest BCUT2D eigenvalue weighted by Crippen LogP contribution is -2.60. The minimum atomic E-state index is -0.899. The summed E-state index contributed by atoms with van der Waals surface area (Å²) in [6.45, 7) is 7.56. The molecule has 1 aliphatic carbocycles. The molecule has 1 N–H and O–H groups in total. The number of likely N-dealkylation sites (N-methyl/N-ethyl adjacent to an activating group) is 1. The van der Waals surface area contributed by atoms with Gasteiger partial charge in [-0.2, -0.15) is 0 Å². The Morgan fingerprint density at radius 1 is 1.08 bits per heavy atom. The van der Waals surface area contributed by atoms with Crippen molar-refractivity contribution in [2.75, 3.05) is 11.9 Å². The maximum atomic E-state index is 12.6. The second kappa shape index (κ2) is 8.91. The fourth-order valence-corrected chi connectivity index (χ4v) is 5.68. The third kappa shape index (κ3) is 4.12. The summed E-state index contributed by atoms with van der Waals surface area (Å²) in [4.78, 5) is 33.0. The number of fused-ring (bicyclic) bond motifs is 1. The normalized spacial score (nSPS) is 18.5. The molecule has 5 rings (SSSR count). The Kier molecular flexibility index (Phi) is 5.97. The molecule has 0 unspecified atom stereocenters. The van der Waals surface area contributed by atoms with E-state index in [9.17, 15) is 14.7 Å². The summed E-state index contributed by atoms with van der Waals surface area (Å²) in [5.41, 5.74) is 4.10. The zero-order valence-corrected chi connectivity index (χ0v) is 22.0. The van der Waals surface area contributed by atoms with Crippen LogP contribution in [0, 0.1) is 0 Å². The van der Waals surface area contributed by atoms with Gasteiger partial charge < -0.3 is 14.7 Å². The van der Waals surface area contributed by atoms with Crippen molar-refractivity contribution in [3.05, 3.63) is 66.2 Å². The van der Waals surface area contributed by atoms with E-state index in [1.54, 1.807) is 23.8 Å². The van der Waals surface area contributed by atoms with E-state index in [0.717, 1.165) is 47.2 Å². The molecule has 2 amide bonds. The number of rotatable bonds is 4. The van der Waals surface area contributed by atoms with Crippen LogP contribution in [0.4, 0.5) is 10.5 Å². The lowest BCUT2D eigenvalue weighted by molar-refractivity contribution is -0.125. The molecule has 1 aromatic heterocycles. The number of ether oxygens (including phenoxy) is 1. The van der Waals surface area contributed by atoms with Crippen LogP contribution in [-0.2, 0) is 10.3 Å². The minimum absolute atomic E-state index is 0.113. The third-order valence-corrected chi connectivity index (χ3v) is 7.55. The van der Waals surface area contributed by atoms with E-state index in [4.69, 9.17) is 9.72 Å². The van der Waals surface area contributed by atoms with Gasteiger partial charge >= 0.3 is 6.09 Å². The number of carboxylic acid groups (broad SMARTS) is 1. The van der Waals surface area contributed by atoms with Gasteiger partial charge in [-0.3, -0.25) is 9.69 Å². The zero-order valence-electron chi connectivity index (χ0n) is 22.0. The monoisotopic (exact) mass is 499 g/mol. The fourth-order valence-electron chi connectivity index (χ4n) is 5.68. The number of benzene rings is 2. The van der Waals surface area contributed by atoms with Gasteiger partial charge in [-0.15, -0.1) is 0 Å². The molecular formula is C30H33N3O4. The minimum Gasteiger partial charge on any atom is -0.465 e. The summed E-state index contributed by atoms with van der Waals surface area (Å²) in [5.74, 6) is 0.312. The first-order valence-electron chi connectivity index (χ1n) is 12.7. The lowest BCUT2D eigenvalue weighted by atomic mass is 9.69. The van der Waals surface area contributed by atoms with Crippen LogP contribution in [0.1, 0.15) is 52.5 Å². The molecule has 0 bridgehead atoms. The fraction of sp³-hybridized carbons (Fsp3) is 0.367. The Balaban J connectivity index is 1.62. The standard InChI is InChI=1S/C30H33N3O4/c1-19-27(34)32(5)24-18-23(20-10-7-6-8-11-20)25(31-26(24)37-19)21-12-14-22(15-13-21)30(16-9-17-30)33(28(35)36)29(2,3)4/h6-8,10-15,18-19H,9,16-17H2,1-5H3,(H,35,36)/t19-/m1/s1. The van der Waals surface area contributed by atoms with Gasteiger partial charge in [0.15, 0.2) is 6.10 Å². The summed E-state index contributed by atoms with van der Waals surface area (Å²) in [5, 5.41) is 10.1. The number of pyridine rings is 1. The highest BCUT2D eigenvalue weighted by Gasteiger charge is 2.50. The Morgan fingerprint density at radius 2 is 1.73 bits per heavy atom. The molecule has 1 aliphatic heterocycles. The van der Waals surface area contributed by atoms with Crippen molar-refractivity contribution in [3.63, 3.8) is 0 Å². The average Bonchev–Trinajstić information content (AvgIpc) is 2.84. The van der Waals surface area contributed by atoms with Crippen LogP contribution in [0.3, 0.4) is 0 Å². The first kappa shape index (κ1) is 24.8. The van der Waals surface area contributed by atoms with Gasteiger partial charge in [-0.1, -0.05) is 54.6 Å². The Labute approximate surface area is 217 Å². The van der Waals surface area contributed by atoms with Gasteiger partial charge in [-0.05, 0) is 64.2 Å². The average molecular weight is 500 g/mol. The van der Waals surface area contributed by atoms with E-state index in [1.807, 2.05) is 81.4 Å². The van der Waals surface area contributed by atoms with Crippen molar-refractivity contribution in [1.82, 2.24) is 9.88 Å². The Morgan fingerprint density at radius 3 is 2.27 bits per heavy atom. The molecule has 192 valence electrons. The van der Waals surface area contributed by atoms with E-state index < -0.39 is 23.3 Å². The smallest absolute Gasteiger partial charge is 0.408 e. The number of carbonyl (C=O) groups is 2. The summed E-state index contributed by atoms with van der Waals surface area (Å²) >= 11 is 0. The zero-order chi connectivity index (χ0) is 26.5. The van der Waals surface area contributed by atoms with Crippen molar-refractivity contribution in [2.24, 2.45) is 0 Å². The van der Waals surface area contributed by atoms with E-state index >= 15 is 0 Å². The van der Waals surface area contributed by atoms with Gasteiger partial charge in [0.05, 0.1) is 11.2 Å². The molecule has 2 aliphatic rings. The molecule has 1 atom stereocenters. The second-order valence-electron chi connectivity index (χ2n) is 11.0. The number of hydrogen-bond acceptors (Lipinski definition) is 4. The lowest BCUT2D eigenvalue weighted by Gasteiger charge is -2.54. The number of carbonyl (C=O) groups excluding carboxylic acids is 1. The predicted molar refractivity (Wildman–Crippen MR) is 144 cm³/mol. The van der Waals surface area contributed by atoms with E-state index in [0.29, 0.717) is 11.6 Å². The van der Waals surface area contributed by atoms with Crippen LogP contribution < -0.4 is 9.64 Å². The molecule has 1 saturated carbocycles. The van der Waals surface area contributed by atoms with Crippen molar-refractivity contribution < 1.29 is 19.4 Å². The van der Waals surface area contributed by atoms with Gasteiger partial charge in [0.25, 0.3) is 5.91 Å². The van der Waals surface area contributed by atoms with Crippen LogP contribution in [0.2, 0.25) is 0 Å². The first-order valence-corrected chi connectivity index (χ1v) is 12.7. The van der Waals surface area contributed by atoms with Crippen LogP contribution in [0.5, 0.6) is 5.88 Å². The van der Waals surface area contributed by atoms with E-state index in [2.05, 4.69) is 0 Å². The van der Waals surface area contributed by atoms with E-state index in [1.165, 1.54) is 0 Å². The third-order valence-electron chi connectivity index (χ3n) is 7.55. The SMILES string of the molecule is C[C@H]1Oc2nc(-c3ccc(C4(N(C(=O)O)C(C)(C)C)CCC4)cc3)c(-c3ccccc3)cc2N(C)C1=O. The van der Waals surface area contributed by atoms with Crippen molar-refractivity contribution in [2.45, 2.75) is 64.1 Å². The highest BCUT2D eigenvalue weighted by atomic mass is 16.5. The molecule has 37 heavy (non-hydrogen) atoms. The predicted octanol–water partition coefficient (Wildman–Crippen LogP) is 6.32. The highest BCUT2D eigenvalue weighted by molar-refractivity contribution is 6.00. The number of amides is 2. The van der Waals surface area contributed by atoms with E-state index in [-0.39, 0.29) is 5.91 Å². The molecule has 0 radical (unpaired) electrons. The number of aromatic nitrogens is 1. The highest BCUT2D eigenvalue weighted by Crippen LogP contribution is 2.50. The molecule has 0 saturated heterocycles. The number of hydrogen-bond donors (Lipinski definition) is 1. The maximum absolute atomic E-state index is 12.6. The van der Waals surface area contributed by atoms with Gasteiger partial charge in [-0.25, -0.2) is 9.78 Å². The van der Waals surface area contributed by atoms with Crippen molar-refractivity contribution in [3.8, 4) is 28.3 Å². The molecular weight excluding hydrogens is 466 g/mol. The topological polar surface area (TPSA) is 83.0 Å².